The number of nitrogens with zero attached hydrogens (tertiary/aromatic N) is 1. The van der Waals surface area contributed by atoms with Gasteiger partial charge in [-0.25, -0.2) is 0 Å². The molecule has 0 saturated carbocycles. The Morgan fingerprint density at radius 3 is 2.33 bits per heavy atom. The Kier molecular flexibility index (Phi) is 6.69. The van der Waals surface area contributed by atoms with Crippen molar-refractivity contribution in [1.29, 1.82) is 0 Å². The average molecular weight is 293 g/mol. The van der Waals surface area contributed by atoms with Crippen molar-refractivity contribution in [1.82, 2.24) is 4.90 Å². The minimum Gasteiger partial charge on any atom is -0.497 e. The summed E-state index contributed by atoms with van der Waals surface area (Å²) >= 11 is 0. The van der Waals surface area contributed by atoms with Crippen molar-refractivity contribution in [2.75, 3.05) is 13.7 Å². The fourth-order valence-corrected chi connectivity index (χ4v) is 2.68. The topological polar surface area (TPSA) is 49.8 Å². The number of carboxylic acids is 1. The van der Waals surface area contributed by atoms with Gasteiger partial charge in [-0.15, -0.1) is 0 Å². The summed E-state index contributed by atoms with van der Waals surface area (Å²) in [5, 5.41) is 9.52. The van der Waals surface area contributed by atoms with Crippen LogP contribution >= 0.6 is 0 Å². The van der Waals surface area contributed by atoms with E-state index in [1.54, 1.807) is 7.11 Å². The van der Waals surface area contributed by atoms with Crippen LogP contribution in [0.2, 0.25) is 0 Å². The lowest BCUT2D eigenvalue weighted by molar-refractivity contribution is -0.139. The molecule has 0 heterocycles. The third-order valence-electron chi connectivity index (χ3n) is 3.80. The summed E-state index contributed by atoms with van der Waals surface area (Å²) in [5.74, 6) is -0.584. The van der Waals surface area contributed by atoms with Crippen LogP contribution in [0.3, 0.4) is 0 Å². The smallest absolute Gasteiger partial charge is 0.311 e. The Labute approximate surface area is 127 Å². The van der Waals surface area contributed by atoms with Crippen molar-refractivity contribution in [3.63, 3.8) is 0 Å². The van der Waals surface area contributed by atoms with Gasteiger partial charge in [0, 0.05) is 12.1 Å². The van der Waals surface area contributed by atoms with E-state index in [0.29, 0.717) is 24.3 Å². The number of benzene rings is 1. The Hall–Kier alpha value is -1.55. The van der Waals surface area contributed by atoms with Gasteiger partial charge >= 0.3 is 5.97 Å². The highest BCUT2D eigenvalue weighted by Gasteiger charge is 2.23. The van der Waals surface area contributed by atoms with Crippen LogP contribution in [0.1, 0.15) is 45.6 Å². The van der Waals surface area contributed by atoms with Gasteiger partial charge in [-0.05, 0) is 58.4 Å². The van der Waals surface area contributed by atoms with E-state index >= 15 is 0 Å². The van der Waals surface area contributed by atoms with E-state index in [9.17, 15) is 9.90 Å². The second kappa shape index (κ2) is 8.03. The normalized spacial score (nSPS) is 13.0. The average Bonchev–Trinajstić information content (AvgIpc) is 2.42. The molecule has 0 spiro atoms. The number of aliphatic carboxylic acids is 1. The summed E-state index contributed by atoms with van der Waals surface area (Å²) in [6.07, 6.45) is 0.596. The van der Waals surface area contributed by atoms with Gasteiger partial charge in [0.1, 0.15) is 5.75 Å². The number of methoxy groups -OCH3 is 1. The highest BCUT2D eigenvalue weighted by Crippen LogP contribution is 2.25. The van der Waals surface area contributed by atoms with E-state index < -0.39 is 11.9 Å². The third kappa shape index (κ3) is 5.05. The van der Waals surface area contributed by atoms with Gasteiger partial charge in [-0.2, -0.15) is 0 Å². The first kappa shape index (κ1) is 17.5. The molecule has 21 heavy (non-hydrogen) atoms. The monoisotopic (exact) mass is 293 g/mol. The van der Waals surface area contributed by atoms with Gasteiger partial charge in [-0.1, -0.05) is 12.1 Å². The summed E-state index contributed by atoms with van der Waals surface area (Å²) in [6.45, 7) is 9.33. The lowest BCUT2D eigenvalue weighted by Gasteiger charge is -2.31. The summed E-state index contributed by atoms with van der Waals surface area (Å²) in [4.78, 5) is 13.9. The van der Waals surface area contributed by atoms with E-state index in [0.717, 1.165) is 12.1 Å². The lowest BCUT2D eigenvalue weighted by Crippen LogP contribution is -2.38. The molecule has 0 aromatic heterocycles. The molecule has 0 aliphatic heterocycles. The van der Waals surface area contributed by atoms with E-state index in [1.165, 1.54) is 0 Å². The van der Waals surface area contributed by atoms with Gasteiger partial charge in [0.05, 0.1) is 13.0 Å². The largest absolute Gasteiger partial charge is 0.497 e. The predicted molar refractivity (Wildman–Crippen MR) is 85.0 cm³/mol. The van der Waals surface area contributed by atoms with Crippen LogP contribution < -0.4 is 4.74 Å². The molecule has 4 nitrogen and oxygen atoms in total. The van der Waals surface area contributed by atoms with Gasteiger partial charge in [0.15, 0.2) is 0 Å². The minimum absolute atomic E-state index is 0.407. The van der Waals surface area contributed by atoms with Crippen molar-refractivity contribution in [2.24, 2.45) is 0 Å². The molecule has 1 aromatic rings. The summed E-state index contributed by atoms with van der Waals surface area (Å²) < 4.78 is 5.18. The molecule has 0 bridgehead atoms. The van der Waals surface area contributed by atoms with Crippen molar-refractivity contribution >= 4 is 5.97 Å². The third-order valence-corrected chi connectivity index (χ3v) is 3.80. The second-order valence-corrected chi connectivity index (χ2v) is 5.88. The Morgan fingerprint density at radius 1 is 1.24 bits per heavy atom. The molecule has 0 unspecified atom stereocenters. The summed E-state index contributed by atoms with van der Waals surface area (Å²) in [7, 11) is 1.59. The zero-order valence-corrected chi connectivity index (χ0v) is 13.7. The standard InChI is InChI=1S/C17H27NO3/c1-12(2)18(13(3)4)10-9-16(17(19)20)14-7-6-8-15(11-14)21-5/h6-8,11-13,16H,9-10H2,1-5H3,(H,19,20)/t16-/m1/s1. The van der Waals surface area contributed by atoms with Crippen molar-refractivity contribution < 1.29 is 14.6 Å². The van der Waals surface area contributed by atoms with Gasteiger partial charge in [0.2, 0.25) is 0 Å². The fourth-order valence-electron chi connectivity index (χ4n) is 2.68. The Morgan fingerprint density at radius 2 is 1.86 bits per heavy atom. The maximum absolute atomic E-state index is 11.6. The number of carbonyl (C=O) groups is 1. The van der Waals surface area contributed by atoms with Gasteiger partial charge in [0.25, 0.3) is 0 Å². The molecule has 0 aliphatic rings. The highest BCUT2D eigenvalue weighted by molar-refractivity contribution is 5.76. The number of hydrogen-bond donors (Lipinski definition) is 1. The maximum atomic E-state index is 11.6. The van der Waals surface area contributed by atoms with Crippen molar-refractivity contribution in [3.05, 3.63) is 29.8 Å². The first-order chi connectivity index (χ1) is 9.86. The van der Waals surface area contributed by atoms with Crippen LogP contribution in [-0.4, -0.2) is 41.7 Å². The molecule has 1 aromatic carbocycles. The molecule has 0 saturated heterocycles. The SMILES string of the molecule is COc1cccc([C@@H](CCN(C(C)C)C(C)C)C(=O)O)c1. The van der Waals surface area contributed by atoms with Crippen LogP contribution in [0.4, 0.5) is 0 Å². The zero-order chi connectivity index (χ0) is 16.0. The first-order valence-electron chi connectivity index (χ1n) is 7.49. The summed E-state index contributed by atoms with van der Waals surface area (Å²) in [5.41, 5.74) is 0.800. The molecule has 1 rings (SSSR count). The van der Waals surface area contributed by atoms with E-state index in [-0.39, 0.29) is 0 Å². The molecular formula is C17H27NO3. The molecule has 0 amide bonds. The molecule has 0 aliphatic carbocycles. The van der Waals surface area contributed by atoms with Crippen molar-refractivity contribution in [3.8, 4) is 5.75 Å². The molecular weight excluding hydrogens is 266 g/mol. The molecule has 0 fully saturated rings. The number of hydrogen-bond acceptors (Lipinski definition) is 3. The predicted octanol–water partition coefficient (Wildman–Crippen LogP) is 3.37. The van der Waals surface area contributed by atoms with Crippen LogP contribution in [0.15, 0.2) is 24.3 Å². The molecule has 118 valence electrons. The Bertz CT molecular complexity index is 449. The maximum Gasteiger partial charge on any atom is 0.311 e. The van der Waals surface area contributed by atoms with E-state index in [2.05, 4.69) is 32.6 Å². The highest BCUT2D eigenvalue weighted by atomic mass is 16.5. The number of ether oxygens (including phenoxy) is 1. The van der Waals surface area contributed by atoms with Gasteiger partial charge < -0.3 is 9.84 Å². The van der Waals surface area contributed by atoms with E-state index in [4.69, 9.17) is 4.74 Å². The fraction of sp³-hybridized carbons (Fsp3) is 0.588. The van der Waals surface area contributed by atoms with Crippen LogP contribution in [-0.2, 0) is 4.79 Å². The Balaban J connectivity index is 2.85. The first-order valence-corrected chi connectivity index (χ1v) is 7.49. The minimum atomic E-state index is -0.782. The second-order valence-electron chi connectivity index (χ2n) is 5.88. The zero-order valence-electron chi connectivity index (χ0n) is 13.7. The molecule has 1 N–H and O–H groups in total. The summed E-state index contributed by atoms with van der Waals surface area (Å²) in [6, 6.07) is 8.16. The quantitative estimate of drug-likeness (QED) is 0.798. The number of rotatable bonds is 8. The molecule has 1 atom stereocenters. The molecule has 4 heteroatoms. The van der Waals surface area contributed by atoms with E-state index in [1.807, 2.05) is 24.3 Å². The van der Waals surface area contributed by atoms with Crippen LogP contribution in [0.25, 0.3) is 0 Å². The van der Waals surface area contributed by atoms with Crippen molar-refractivity contribution in [2.45, 2.75) is 52.1 Å². The molecule has 0 radical (unpaired) electrons. The number of carboxylic acid groups (broad SMARTS) is 1. The van der Waals surface area contributed by atoms with Gasteiger partial charge in [-0.3, -0.25) is 9.69 Å². The van der Waals surface area contributed by atoms with Crippen LogP contribution in [0.5, 0.6) is 5.75 Å². The lowest BCUT2D eigenvalue weighted by atomic mass is 9.95. The van der Waals surface area contributed by atoms with Crippen LogP contribution in [0, 0.1) is 0 Å².